The van der Waals surface area contributed by atoms with Gasteiger partial charge in [0.05, 0.1) is 10.7 Å². The van der Waals surface area contributed by atoms with E-state index in [-0.39, 0.29) is 24.0 Å². The van der Waals surface area contributed by atoms with E-state index in [1.54, 1.807) is 11.3 Å². The fourth-order valence-electron chi connectivity index (χ4n) is 2.92. The summed E-state index contributed by atoms with van der Waals surface area (Å²) in [5, 5.41) is 10.2. The van der Waals surface area contributed by atoms with E-state index in [0.29, 0.717) is 5.92 Å². The first-order valence-electron chi connectivity index (χ1n) is 9.22. The lowest BCUT2D eigenvalue weighted by Gasteiger charge is -2.31. The minimum atomic E-state index is 0. The number of thiazole rings is 1. The zero-order chi connectivity index (χ0) is 17.4. The van der Waals surface area contributed by atoms with E-state index in [9.17, 15) is 0 Å². The predicted octanol–water partition coefficient (Wildman–Crippen LogP) is 3.49. The maximum absolute atomic E-state index is 4.65. The summed E-state index contributed by atoms with van der Waals surface area (Å²) < 4.78 is 0. The van der Waals surface area contributed by atoms with Gasteiger partial charge in [-0.1, -0.05) is 13.8 Å². The van der Waals surface area contributed by atoms with Crippen molar-refractivity contribution in [1.29, 1.82) is 0 Å². The van der Waals surface area contributed by atoms with Crippen LogP contribution < -0.4 is 10.6 Å². The van der Waals surface area contributed by atoms with Crippen molar-refractivity contribution < 1.29 is 0 Å². The lowest BCUT2D eigenvalue weighted by molar-refractivity contribution is 0.176. The van der Waals surface area contributed by atoms with Crippen LogP contribution in [0.25, 0.3) is 0 Å². The summed E-state index contributed by atoms with van der Waals surface area (Å²) in [6.45, 7) is 14.7. The average molecular weight is 479 g/mol. The third-order valence-corrected chi connectivity index (χ3v) is 5.10. The highest BCUT2D eigenvalue weighted by Crippen LogP contribution is 2.19. The highest BCUT2D eigenvalue weighted by Gasteiger charge is 2.20. The molecule has 0 aromatic carbocycles. The van der Waals surface area contributed by atoms with Gasteiger partial charge in [-0.05, 0) is 51.6 Å². The predicted molar refractivity (Wildman–Crippen MR) is 119 cm³/mol. The number of nitrogens with zero attached hydrogens (tertiary/aromatic N) is 3. The first-order chi connectivity index (χ1) is 11.6. The maximum atomic E-state index is 4.65. The number of aromatic nitrogens is 1. The van der Waals surface area contributed by atoms with Crippen LogP contribution in [0, 0.1) is 18.8 Å². The molecule has 1 aromatic heterocycles. The largest absolute Gasteiger partial charge is 0.357 e. The molecule has 1 aliphatic rings. The van der Waals surface area contributed by atoms with Gasteiger partial charge in [-0.2, -0.15) is 0 Å². The van der Waals surface area contributed by atoms with Gasteiger partial charge in [0.2, 0.25) is 0 Å². The van der Waals surface area contributed by atoms with Crippen molar-refractivity contribution in [2.75, 3.05) is 32.7 Å². The molecule has 5 nitrogen and oxygen atoms in total. The molecule has 0 radical (unpaired) electrons. The molecule has 0 atom stereocenters. The Morgan fingerprint density at radius 3 is 2.64 bits per heavy atom. The molecule has 0 unspecified atom stereocenters. The molecule has 2 N–H and O–H groups in total. The summed E-state index contributed by atoms with van der Waals surface area (Å²) in [5.74, 6) is 2.30. The Morgan fingerprint density at radius 1 is 1.36 bits per heavy atom. The van der Waals surface area contributed by atoms with Crippen LogP contribution in [0.1, 0.15) is 44.3 Å². The van der Waals surface area contributed by atoms with Crippen LogP contribution in [-0.4, -0.2) is 48.6 Å². The molecule has 0 amide bonds. The van der Waals surface area contributed by atoms with Crippen LogP contribution in [-0.2, 0) is 6.54 Å². The van der Waals surface area contributed by atoms with Crippen molar-refractivity contribution in [2.24, 2.45) is 16.8 Å². The number of guanidine groups is 1. The van der Waals surface area contributed by atoms with Crippen LogP contribution >= 0.6 is 35.3 Å². The Kier molecular flexibility index (Phi) is 10.9. The van der Waals surface area contributed by atoms with Gasteiger partial charge in [0.1, 0.15) is 0 Å². The minimum Gasteiger partial charge on any atom is -0.357 e. The average Bonchev–Trinajstić information content (AvgIpc) is 2.96. The molecular weight excluding hydrogens is 445 g/mol. The molecular formula is C18H34IN5S. The first kappa shape index (κ1) is 22.6. The van der Waals surface area contributed by atoms with E-state index in [0.717, 1.165) is 38.1 Å². The summed E-state index contributed by atoms with van der Waals surface area (Å²) >= 11 is 1.75. The number of rotatable bonds is 7. The highest BCUT2D eigenvalue weighted by atomic mass is 127. The summed E-state index contributed by atoms with van der Waals surface area (Å²) in [7, 11) is 0. The fourth-order valence-corrected chi connectivity index (χ4v) is 3.52. The Morgan fingerprint density at radius 2 is 2.08 bits per heavy atom. The van der Waals surface area contributed by atoms with Crippen LogP contribution in [0.4, 0.5) is 0 Å². The number of piperidine rings is 1. The fraction of sp³-hybridized carbons (Fsp3) is 0.778. The van der Waals surface area contributed by atoms with Crippen molar-refractivity contribution in [2.45, 2.75) is 47.1 Å². The second-order valence-corrected chi connectivity index (χ2v) is 8.13. The number of aliphatic imine (C=N–C) groups is 1. The van der Waals surface area contributed by atoms with Gasteiger partial charge in [-0.3, -0.25) is 9.89 Å². The van der Waals surface area contributed by atoms with Gasteiger partial charge in [-0.15, -0.1) is 35.3 Å². The van der Waals surface area contributed by atoms with Crippen LogP contribution in [0.2, 0.25) is 0 Å². The molecule has 7 heteroatoms. The van der Waals surface area contributed by atoms with Gasteiger partial charge in [0.15, 0.2) is 5.96 Å². The van der Waals surface area contributed by atoms with Crippen molar-refractivity contribution >= 4 is 41.3 Å². The van der Waals surface area contributed by atoms with Crippen molar-refractivity contribution in [1.82, 2.24) is 20.5 Å². The van der Waals surface area contributed by atoms with Crippen LogP contribution in [0.3, 0.4) is 0 Å². The van der Waals surface area contributed by atoms with Crippen molar-refractivity contribution in [3.05, 3.63) is 16.1 Å². The van der Waals surface area contributed by atoms with Gasteiger partial charge in [0, 0.05) is 31.6 Å². The zero-order valence-electron chi connectivity index (χ0n) is 16.0. The summed E-state index contributed by atoms with van der Waals surface area (Å²) in [5.41, 5.74) is 1.23. The molecule has 2 heterocycles. The Labute approximate surface area is 174 Å². The Hall–Kier alpha value is -0.410. The van der Waals surface area contributed by atoms with Gasteiger partial charge in [0.25, 0.3) is 0 Å². The molecule has 0 spiro atoms. The normalized spacial score (nSPS) is 16.8. The monoisotopic (exact) mass is 479 g/mol. The molecule has 1 aliphatic heterocycles. The summed E-state index contributed by atoms with van der Waals surface area (Å²) in [4.78, 5) is 11.8. The second kappa shape index (κ2) is 12.1. The third kappa shape index (κ3) is 8.68. The van der Waals surface area contributed by atoms with E-state index >= 15 is 0 Å². The number of nitrogens with one attached hydrogen (secondary N) is 2. The molecule has 1 aromatic rings. The van der Waals surface area contributed by atoms with E-state index in [4.69, 9.17) is 0 Å². The number of halogens is 1. The van der Waals surface area contributed by atoms with Gasteiger partial charge in [-0.25, -0.2) is 4.98 Å². The first-order valence-corrected chi connectivity index (χ1v) is 10.1. The maximum Gasteiger partial charge on any atom is 0.191 e. The summed E-state index contributed by atoms with van der Waals surface area (Å²) in [6.07, 6.45) is 2.50. The zero-order valence-corrected chi connectivity index (χ0v) is 19.2. The van der Waals surface area contributed by atoms with Crippen molar-refractivity contribution in [3.8, 4) is 0 Å². The van der Waals surface area contributed by atoms with Gasteiger partial charge >= 0.3 is 0 Å². The second-order valence-electron chi connectivity index (χ2n) is 7.07. The van der Waals surface area contributed by atoms with E-state index in [1.165, 1.54) is 36.6 Å². The number of aryl methyl sites for hydroxylation is 1. The Balaban J connectivity index is 0.00000312. The number of hydrogen-bond acceptors (Lipinski definition) is 4. The Bertz CT molecular complexity index is 509. The molecule has 0 aliphatic carbocycles. The number of hydrogen-bond donors (Lipinski definition) is 2. The quantitative estimate of drug-likeness (QED) is 0.357. The topological polar surface area (TPSA) is 52.6 Å². The van der Waals surface area contributed by atoms with Crippen molar-refractivity contribution in [3.63, 3.8) is 0 Å². The van der Waals surface area contributed by atoms with E-state index < -0.39 is 0 Å². The lowest BCUT2D eigenvalue weighted by atomic mass is 9.97. The molecule has 0 saturated carbocycles. The lowest BCUT2D eigenvalue weighted by Crippen LogP contribution is -2.43. The molecule has 0 bridgehead atoms. The van der Waals surface area contributed by atoms with E-state index in [2.05, 4.69) is 58.6 Å². The standard InChI is InChI=1S/C18H33N5S.HI/c1-5-19-18(20-10-14(2)3)21-11-16-6-8-23(9-7-16)12-17-13-24-15(4)22-17;/h13-14,16H,5-12H2,1-4H3,(H2,19,20,21);1H. The van der Waals surface area contributed by atoms with E-state index in [1.807, 2.05) is 0 Å². The molecule has 1 saturated heterocycles. The molecule has 144 valence electrons. The smallest absolute Gasteiger partial charge is 0.191 e. The molecule has 25 heavy (non-hydrogen) atoms. The minimum absolute atomic E-state index is 0. The molecule has 2 rings (SSSR count). The number of likely N-dealkylation sites (tertiary alicyclic amines) is 1. The third-order valence-electron chi connectivity index (χ3n) is 4.28. The SMILES string of the molecule is CCNC(=NCC(C)C)NCC1CCN(Cc2csc(C)n2)CC1.I. The van der Waals surface area contributed by atoms with Gasteiger partial charge < -0.3 is 10.6 Å². The molecule has 1 fully saturated rings. The highest BCUT2D eigenvalue weighted by molar-refractivity contribution is 14.0. The summed E-state index contributed by atoms with van der Waals surface area (Å²) in [6, 6.07) is 0. The van der Waals surface area contributed by atoms with Crippen LogP contribution in [0.15, 0.2) is 10.4 Å². The van der Waals surface area contributed by atoms with Crippen LogP contribution in [0.5, 0.6) is 0 Å².